The summed E-state index contributed by atoms with van der Waals surface area (Å²) in [6.07, 6.45) is 8.24. The van der Waals surface area contributed by atoms with E-state index in [0.717, 1.165) is 11.5 Å². The average Bonchev–Trinajstić information content (AvgIpc) is 2.65. The van der Waals surface area contributed by atoms with Gasteiger partial charge < -0.3 is 10.1 Å². The molecule has 0 saturated heterocycles. The molecule has 0 aromatic carbocycles. The fraction of sp³-hybridized carbons (Fsp3) is 0.643. The van der Waals surface area contributed by atoms with Crippen molar-refractivity contribution in [2.45, 2.75) is 51.2 Å². The molecule has 1 saturated carbocycles. The largest absolute Gasteiger partial charge is 0.373 e. The normalized spacial score (nSPS) is 17.7. The zero-order chi connectivity index (χ0) is 11.9. The van der Waals surface area contributed by atoms with Crippen molar-refractivity contribution in [3.8, 4) is 0 Å². The van der Waals surface area contributed by atoms with Crippen molar-refractivity contribution in [1.29, 1.82) is 0 Å². The molecule has 94 valence electrons. The third-order valence-corrected chi connectivity index (χ3v) is 3.33. The predicted octanol–water partition coefficient (Wildman–Crippen LogP) is 3.36. The van der Waals surface area contributed by atoms with Crippen molar-refractivity contribution in [1.82, 2.24) is 4.98 Å². The number of rotatable bonds is 4. The van der Waals surface area contributed by atoms with Crippen LogP contribution in [0, 0.1) is 0 Å². The van der Waals surface area contributed by atoms with E-state index in [-0.39, 0.29) is 0 Å². The number of ether oxygens (including phenoxy) is 1. The molecule has 1 N–H and O–H groups in total. The zero-order valence-corrected chi connectivity index (χ0v) is 10.6. The van der Waals surface area contributed by atoms with Crippen molar-refractivity contribution in [3.63, 3.8) is 0 Å². The van der Waals surface area contributed by atoms with Crippen LogP contribution in [0.4, 0.5) is 5.82 Å². The molecule has 3 nitrogen and oxygen atoms in total. The van der Waals surface area contributed by atoms with E-state index in [1.54, 1.807) is 0 Å². The summed E-state index contributed by atoms with van der Waals surface area (Å²) in [5.74, 6) is 0.909. The first-order valence-corrected chi connectivity index (χ1v) is 6.64. The molecule has 3 heteroatoms. The van der Waals surface area contributed by atoms with Crippen LogP contribution in [0.5, 0.6) is 0 Å². The minimum absolute atomic E-state index is 0.442. The molecule has 0 bridgehead atoms. The summed E-state index contributed by atoms with van der Waals surface area (Å²) in [5, 5.41) is 3.05. The molecular weight excluding hydrogens is 212 g/mol. The number of nitrogens with one attached hydrogen (secondary N) is 1. The highest BCUT2D eigenvalue weighted by Crippen LogP contribution is 2.20. The highest BCUT2D eigenvalue weighted by atomic mass is 16.5. The van der Waals surface area contributed by atoms with Gasteiger partial charge in [0.05, 0.1) is 18.4 Å². The van der Waals surface area contributed by atoms with Gasteiger partial charge in [-0.25, -0.2) is 4.98 Å². The van der Waals surface area contributed by atoms with Gasteiger partial charge in [0.25, 0.3) is 0 Å². The molecule has 17 heavy (non-hydrogen) atoms. The lowest BCUT2D eigenvalue weighted by atomic mass is 10.1. The Bertz CT molecular complexity index is 333. The monoisotopic (exact) mass is 234 g/mol. The fourth-order valence-corrected chi connectivity index (χ4v) is 2.31. The molecule has 0 spiro atoms. The maximum Gasteiger partial charge on any atom is 0.126 e. The fourth-order valence-electron chi connectivity index (χ4n) is 2.31. The third kappa shape index (κ3) is 4.00. The molecule has 1 aliphatic carbocycles. The van der Waals surface area contributed by atoms with Gasteiger partial charge in [-0.2, -0.15) is 0 Å². The minimum atomic E-state index is 0.442. The van der Waals surface area contributed by atoms with Gasteiger partial charge in [0.2, 0.25) is 0 Å². The first-order valence-electron chi connectivity index (χ1n) is 6.64. The van der Waals surface area contributed by atoms with E-state index >= 15 is 0 Å². The van der Waals surface area contributed by atoms with Crippen LogP contribution in [-0.2, 0) is 11.3 Å². The van der Waals surface area contributed by atoms with E-state index in [4.69, 9.17) is 4.74 Å². The van der Waals surface area contributed by atoms with E-state index in [0.29, 0.717) is 12.7 Å². The van der Waals surface area contributed by atoms with Crippen LogP contribution >= 0.6 is 0 Å². The van der Waals surface area contributed by atoms with Crippen LogP contribution in [0.15, 0.2) is 18.2 Å². The molecule has 0 radical (unpaired) electrons. The molecule has 2 rings (SSSR count). The SMILES string of the molecule is CNc1cccc(COC2CCCCCC2)n1. The Morgan fingerprint density at radius 2 is 2.00 bits per heavy atom. The molecule has 1 aliphatic rings. The lowest BCUT2D eigenvalue weighted by Crippen LogP contribution is -2.12. The summed E-state index contributed by atoms with van der Waals surface area (Å²) in [6.45, 7) is 0.639. The van der Waals surface area contributed by atoms with Crippen LogP contribution in [0.3, 0.4) is 0 Å². The summed E-state index contributed by atoms with van der Waals surface area (Å²) in [4.78, 5) is 4.46. The van der Waals surface area contributed by atoms with Crippen molar-refractivity contribution >= 4 is 5.82 Å². The number of nitrogens with zero attached hydrogens (tertiary/aromatic N) is 1. The van der Waals surface area contributed by atoms with Crippen molar-refractivity contribution < 1.29 is 4.74 Å². The summed E-state index contributed by atoms with van der Waals surface area (Å²) in [7, 11) is 1.89. The number of hydrogen-bond donors (Lipinski definition) is 1. The Morgan fingerprint density at radius 1 is 1.24 bits per heavy atom. The van der Waals surface area contributed by atoms with Crippen LogP contribution in [0.1, 0.15) is 44.2 Å². The number of hydrogen-bond acceptors (Lipinski definition) is 3. The smallest absolute Gasteiger partial charge is 0.126 e. The van der Waals surface area contributed by atoms with Gasteiger partial charge in [-0.15, -0.1) is 0 Å². The molecular formula is C14H22N2O. The zero-order valence-electron chi connectivity index (χ0n) is 10.6. The first kappa shape index (κ1) is 12.4. The summed E-state index contributed by atoms with van der Waals surface area (Å²) < 4.78 is 5.96. The second kappa shape index (κ2) is 6.60. The van der Waals surface area contributed by atoms with Gasteiger partial charge >= 0.3 is 0 Å². The Morgan fingerprint density at radius 3 is 2.71 bits per heavy atom. The molecule has 1 aromatic rings. The van der Waals surface area contributed by atoms with Crippen molar-refractivity contribution in [3.05, 3.63) is 23.9 Å². The predicted molar refractivity (Wildman–Crippen MR) is 70.1 cm³/mol. The lowest BCUT2D eigenvalue weighted by molar-refractivity contribution is 0.0293. The highest BCUT2D eigenvalue weighted by Gasteiger charge is 2.12. The van der Waals surface area contributed by atoms with Gasteiger partial charge in [-0.1, -0.05) is 31.7 Å². The van der Waals surface area contributed by atoms with Crippen LogP contribution in [0.25, 0.3) is 0 Å². The quantitative estimate of drug-likeness (QED) is 0.811. The second-order valence-electron chi connectivity index (χ2n) is 4.69. The van der Waals surface area contributed by atoms with Crippen LogP contribution < -0.4 is 5.32 Å². The van der Waals surface area contributed by atoms with E-state index in [9.17, 15) is 0 Å². The average molecular weight is 234 g/mol. The van der Waals surface area contributed by atoms with Gasteiger partial charge in [0.1, 0.15) is 5.82 Å². The summed E-state index contributed by atoms with van der Waals surface area (Å²) in [6, 6.07) is 6.01. The van der Waals surface area contributed by atoms with E-state index in [1.165, 1.54) is 38.5 Å². The number of anilines is 1. The van der Waals surface area contributed by atoms with E-state index in [2.05, 4.69) is 10.3 Å². The Hall–Kier alpha value is -1.09. The van der Waals surface area contributed by atoms with Gasteiger partial charge in [0, 0.05) is 7.05 Å². The third-order valence-electron chi connectivity index (χ3n) is 3.33. The minimum Gasteiger partial charge on any atom is -0.373 e. The molecule has 0 amide bonds. The standard InChI is InChI=1S/C14H22N2O/c1-15-14-10-6-7-12(16-14)11-17-13-8-4-2-3-5-9-13/h6-7,10,13H,2-5,8-9,11H2,1H3,(H,15,16). The van der Waals surface area contributed by atoms with Crippen molar-refractivity contribution in [2.75, 3.05) is 12.4 Å². The lowest BCUT2D eigenvalue weighted by Gasteiger charge is -2.15. The molecule has 0 atom stereocenters. The molecule has 0 aliphatic heterocycles. The summed E-state index contributed by atoms with van der Waals surface area (Å²) in [5.41, 5.74) is 1.01. The van der Waals surface area contributed by atoms with Gasteiger partial charge in [0.15, 0.2) is 0 Å². The van der Waals surface area contributed by atoms with Crippen LogP contribution in [-0.4, -0.2) is 18.1 Å². The van der Waals surface area contributed by atoms with Gasteiger partial charge in [-0.05, 0) is 25.0 Å². The Kier molecular flexibility index (Phi) is 4.80. The Balaban J connectivity index is 1.83. The molecule has 0 unspecified atom stereocenters. The molecule has 1 heterocycles. The topological polar surface area (TPSA) is 34.1 Å². The van der Waals surface area contributed by atoms with E-state index < -0.39 is 0 Å². The first-order chi connectivity index (χ1) is 8.38. The highest BCUT2D eigenvalue weighted by molar-refractivity contribution is 5.33. The molecule has 1 fully saturated rings. The maximum absolute atomic E-state index is 5.96. The van der Waals surface area contributed by atoms with Gasteiger partial charge in [-0.3, -0.25) is 0 Å². The second-order valence-corrected chi connectivity index (χ2v) is 4.69. The Labute approximate surface area is 104 Å². The van der Waals surface area contributed by atoms with Crippen molar-refractivity contribution in [2.24, 2.45) is 0 Å². The van der Waals surface area contributed by atoms with Crippen LogP contribution in [0.2, 0.25) is 0 Å². The summed E-state index contributed by atoms with van der Waals surface area (Å²) >= 11 is 0. The molecule has 1 aromatic heterocycles. The number of aromatic nitrogens is 1. The van der Waals surface area contributed by atoms with E-state index in [1.807, 2.05) is 25.2 Å². The number of pyridine rings is 1. The maximum atomic E-state index is 5.96.